The summed E-state index contributed by atoms with van der Waals surface area (Å²) in [6, 6.07) is 11.4. The Morgan fingerprint density at radius 1 is 0.973 bits per heavy atom. The van der Waals surface area contributed by atoms with Crippen molar-refractivity contribution in [3.05, 3.63) is 57.6 Å². The number of carbonyl (C=O) groups excluding carboxylic acids is 2. The third kappa shape index (κ3) is 11.3. The van der Waals surface area contributed by atoms with E-state index in [4.69, 9.17) is 26.2 Å². The van der Waals surface area contributed by atoms with E-state index < -0.39 is 4.92 Å². The molecule has 2 aromatic rings. The van der Waals surface area contributed by atoms with Gasteiger partial charge in [-0.15, -0.1) is 0 Å². The Hall–Kier alpha value is -4.33. The third-order valence-corrected chi connectivity index (χ3v) is 5.22. The summed E-state index contributed by atoms with van der Waals surface area (Å²) in [5, 5.41) is 18.7. The van der Waals surface area contributed by atoms with Crippen LogP contribution < -0.4 is 16.4 Å². The molecule has 0 saturated heterocycles. The van der Waals surface area contributed by atoms with E-state index in [1.165, 1.54) is 12.1 Å². The molecule has 0 aliphatic heterocycles. The van der Waals surface area contributed by atoms with E-state index in [-0.39, 0.29) is 28.9 Å². The van der Waals surface area contributed by atoms with Crippen molar-refractivity contribution in [1.82, 2.24) is 0 Å². The van der Waals surface area contributed by atoms with Crippen LogP contribution in [0.3, 0.4) is 0 Å². The largest absolute Gasteiger partial charge is 0.466 e. The van der Waals surface area contributed by atoms with Gasteiger partial charge < -0.3 is 25.8 Å². The smallest absolute Gasteiger partial charge is 0.305 e. The summed E-state index contributed by atoms with van der Waals surface area (Å²) in [4.78, 5) is 34.9. The monoisotopic (exact) mass is 513 g/mol. The number of carbonyl (C=O) groups is 2. The first-order valence-corrected chi connectivity index (χ1v) is 12.0. The minimum absolute atomic E-state index is 0.124. The lowest BCUT2D eigenvalue weighted by molar-refractivity contribution is -0.384. The number of nitro benzene ring substituents is 1. The van der Waals surface area contributed by atoms with Crippen LogP contribution in [0, 0.1) is 28.4 Å². The number of esters is 2. The average molecular weight is 514 g/mol. The second-order valence-corrected chi connectivity index (χ2v) is 7.99. The molecule has 0 amide bonds. The van der Waals surface area contributed by atoms with Gasteiger partial charge in [0.15, 0.2) is 0 Å². The van der Waals surface area contributed by atoms with Gasteiger partial charge in [0.05, 0.1) is 23.7 Å². The van der Waals surface area contributed by atoms with Crippen LogP contribution in [0.25, 0.3) is 0 Å². The number of nitrogens with two attached hydrogens (primary N) is 2. The fraction of sp³-hybridized carbons (Fsp3) is 0.423. The first-order valence-electron chi connectivity index (χ1n) is 12.0. The van der Waals surface area contributed by atoms with Crippen molar-refractivity contribution in [3.63, 3.8) is 0 Å². The molecule has 37 heavy (non-hydrogen) atoms. The van der Waals surface area contributed by atoms with E-state index in [9.17, 15) is 19.7 Å². The summed E-state index contributed by atoms with van der Waals surface area (Å²) in [7, 11) is 0. The molecule has 0 saturated carbocycles. The first-order chi connectivity index (χ1) is 17.6. The average Bonchev–Trinajstić information content (AvgIpc) is 2.85. The lowest BCUT2D eigenvalue weighted by atomic mass is 10.1. The zero-order valence-corrected chi connectivity index (χ0v) is 21.6. The fourth-order valence-electron chi connectivity index (χ4n) is 3.28. The van der Waals surface area contributed by atoms with Crippen molar-refractivity contribution in [3.8, 4) is 6.07 Å². The molecule has 0 atom stereocenters. The number of anilines is 3. The number of aryl methyl sites for hydroxylation is 1. The van der Waals surface area contributed by atoms with Crippen LogP contribution in [0.2, 0.25) is 0 Å². The zero-order chi connectivity index (χ0) is 27.8. The maximum Gasteiger partial charge on any atom is 0.305 e. The summed E-state index contributed by atoms with van der Waals surface area (Å²) >= 11 is 0. The van der Waals surface area contributed by atoms with E-state index in [1.54, 1.807) is 19.9 Å². The van der Waals surface area contributed by atoms with Crippen LogP contribution in [0.5, 0.6) is 0 Å². The lowest BCUT2D eigenvalue weighted by Crippen LogP contribution is -2.27. The van der Waals surface area contributed by atoms with Crippen molar-refractivity contribution < 1.29 is 24.0 Å². The maximum absolute atomic E-state index is 11.5. The van der Waals surface area contributed by atoms with Gasteiger partial charge in [-0.3, -0.25) is 19.7 Å². The van der Waals surface area contributed by atoms with E-state index in [0.717, 1.165) is 23.0 Å². The number of non-ortho nitro benzene ring substituents is 1. The molecule has 0 unspecified atom stereocenters. The van der Waals surface area contributed by atoms with Gasteiger partial charge in [0.1, 0.15) is 6.07 Å². The SMILES string of the molecule is CCOC(=O)CCCN(CCCC(=O)OCC)c1ccc(N)c(C)c1.N#Cc1cc([N+](=O)[O-])ccc1N. The molecule has 0 fully saturated rings. The van der Waals surface area contributed by atoms with Gasteiger partial charge >= 0.3 is 11.9 Å². The molecule has 0 aliphatic rings. The molecule has 0 heterocycles. The molecular weight excluding hydrogens is 478 g/mol. The third-order valence-electron chi connectivity index (χ3n) is 5.22. The molecule has 2 aromatic carbocycles. The number of ether oxygens (including phenoxy) is 2. The minimum atomic E-state index is -0.569. The van der Waals surface area contributed by atoms with Crippen LogP contribution in [0.4, 0.5) is 22.7 Å². The van der Waals surface area contributed by atoms with Gasteiger partial charge in [-0.25, -0.2) is 0 Å². The van der Waals surface area contributed by atoms with Gasteiger partial charge in [-0.2, -0.15) is 5.26 Å². The molecule has 2 rings (SSSR count). The minimum Gasteiger partial charge on any atom is -0.466 e. The second-order valence-electron chi connectivity index (χ2n) is 7.99. The van der Waals surface area contributed by atoms with E-state index in [2.05, 4.69) is 4.90 Å². The molecule has 0 aromatic heterocycles. The summed E-state index contributed by atoms with van der Waals surface area (Å²) in [6.45, 7) is 7.80. The maximum atomic E-state index is 11.5. The number of benzene rings is 2. The fourth-order valence-corrected chi connectivity index (χ4v) is 3.28. The molecule has 4 N–H and O–H groups in total. The Bertz CT molecular complexity index is 1080. The number of hydrogen-bond acceptors (Lipinski definition) is 10. The van der Waals surface area contributed by atoms with Gasteiger partial charge in [0.25, 0.3) is 5.69 Å². The number of hydrogen-bond donors (Lipinski definition) is 2. The van der Waals surface area contributed by atoms with Crippen LogP contribution in [-0.2, 0) is 19.1 Å². The van der Waals surface area contributed by atoms with Gasteiger partial charge in [-0.1, -0.05) is 0 Å². The summed E-state index contributed by atoms with van der Waals surface area (Å²) < 4.78 is 9.94. The normalized spacial score (nSPS) is 9.89. The van der Waals surface area contributed by atoms with Crippen molar-refractivity contribution >= 4 is 34.7 Å². The molecular formula is C26H35N5O6. The quantitative estimate of drug-likeness (QED) is 0.182. The molecule has 0 radical (unpaired) electrons. The second kappa shape index (κ2) is 16.4. The standard InChI is InChI=1S/C19H30N2O4.C7H5N3O2/c1-4-24-18(22)8-6-12-21(13-7-9-19(23)25-5-2)16-10-11-17(20)15(3)14-16;8-4-5-3-6(10(11)12)1-2-7(5)9/h10-11,14H,4-9,12-13,20H2,1-3H3;1-3H,9H2. The molecule has 0 bridgehead atoms. The van der Waals surface area contributed by atoms with Crippen molar-refractivity contribution in [2.24, 2.45) is 0 Å². The predicted octanol–water partition coefficient (Wildman–Crippen LogP) is 4.12. The summed E-state index contributed by atoms with van der Waals surface area (Å²) in [5.74, 6) is -0.357. The number of nitriles is 1. The molecule has 11 nitrogen and oxygen atoms in total. The Kier molecular flexibility index (Phi) is 13.6. The first kappa shape index (κ1) is 30.7. The van der Waals surface area contributed by atoms with E-state index in [1.807, 2.05) is 25.1 Å². The zero-order valence-electron chi connectivity index (χ0n) is 21.6. The highest BCUT2D eigenvalue weighted by Gasteiger charge is 2.11. The Balaban J connectivity index is 0.000000474. The number of nitro groups is 1. The Morgan fingerprint density at radius 2 is 1.51 bits per heavy atom. The molecule has 200 valence electrons. The number of rotatable bonds is 12. The van der Waals surface area contributed by atoms with E-state index >= 15 is 0 Å². The highest BCUT2D eigenvalue weighted by Crippen LogP contribution is 2.22. The lowest BCUT2D eigenvalue weighted by Gasteiger charge is -2.25. The number of nitrogen functional groups attached to an aromatic ring is 2. The van der Waals surface area contributed by atoms with Crippen molar-refractivity contribution in [2.45, 2.75) is 46.5 Å². The molecule has 0 aliphatic carbocycles. The van der Waals surface area contributed by atoms with Gasteiger partial charge in [0, 0.05) is 55.1 Å². The molecule has 11 heteroatoms. The van der Waals surface area contributed by atoms with Crippen LogP contribution >= 0.6 is 0 Å². The van der Waals surface area contributed by atoms with Crippen LogP contribution in [0.15, 0.2) is 36.4 Å². The van der Waals surface area contributed by atoms with E-state index in [0.29, 0.717) is 52.0 Å². The number of nitrogens with zero attached hydrogens (tertiary/aromatic N) is 3. The molecule has 0 spiro atoms. The van der Waals surface area contributed by atoms with Gasteiger partial charge in [0.2, 0.25) is 0 Å². The summed E-state index contributed by atoms with van der Waals surface area (Å²) in [5.41, 5.74) is 14.3. The van der Waals surface area contributed by atoms with Crippen molar-refractivity contribution in [1.29, 1.82) is 5.26 Å². The Labute approximate surface area is 217 Å². The van der Waals surface area contributed by atoms with Gasteiger partial charge in [-0.05, 0) is 63.4 Å². The topological polar surface area (TPSA) is 175 Å². The highest BCUT2D eigenvalue weighted by atomic mass is 16.6. The van der Waals surface area contributed by atoms with Crippen LogP contribution in [0.1, 0.15) is 50.7 Å². The van der Waals surface area contributed by atoms with Crippen molar-refractivity contribution in [2.75, 3.05) is 42.7 Å². The Morgan fingerprint density at radius 3 is 1.97 bits per heavy atom. The summed E-state index contributed by atoms with van der Waals surface area (Å²) in [6.07, 6.45) is 2.16. The highest BCUT2D eigenvalue weighted by molar-refractivity contribution is 5.70. The van der Waals surface area contributed by atoms with Crippen LogP contribution in [-0.4, -0.2) is 43.2 Å². The predicted molar refractivity (Wildman–Crippen MR) is 142 cm³/mol.